The van der Waals surface area contributed by atoms with Crippen LogP contribution in [0.15, 0.2) is 0 Å². The highest BCUT2D eigenvalue weighted by Gasteiger charge is 2.39. The van der Waals surface area contributed by atoms with Crippen molar-refractivity contribution >= 4 is 23.7 Å². The molecule has 1 heterocycles. The summed E-state index contributed by atoms with van der Waals surface area (Å²) in [7, 11) is 0. The number of unbranched alkanes of at least 4 members (excludes halogenated alkanes) is 1. The van der Waals surface area contributed by atoms with Gasteiger partial charge in [-0.3, -0.25) is 14.4 Å². The number of hydrogen-bond acceptors (Lipinski definition) is 6. The van der Waals surface area contributed by atoms with Gasteiger partial charge in [-0.25, -0.2) is 4.79 Å². The van der Waals surface area contributed by atoms with Crippen molar-refractivity contribution in [3.8, 4) is 0 Å². The van der Waals surface area contributed by atoms with Gasteiger partial charge in [0.05, 0.1) is 6.54 Å². The van der Waals surface area contributed by atoms with Crippen molar-refractivity contribution in [2.45, 2.75) is 64.1 Å². The first kappa shape index (κ1) is 23.8. The van der Waals surface area contributed by atoms with Crippen LogP contribution in [0.3, 0.4) is 0 Å². The monoisotopic (exact) mass is 399 g/mol. The maximum Gasteiger partial charge on any atom is 0.326 e. The molecule has 28 heavy (non-hydrogen) atoms. The van der Waals surface area contributed by atoms with Gasteiger partial charge in [-0.15, -0.1) is 0 Å². The molecule has 7 N–H and O–H groups in total. The first-order chi connectivity index (χ1) is 13.2. The van der Waals surface area contributed by atoms with Crippen molar-refractivity contribution in [3.63, 3.8) is 0 Å². The minimum Gasteiger partial charge on any atom is -0.480 e. The highest BCUT2D eigenvalue weighted by Crippen LogP contribution is 2.20. The van der Waals surface area contributed by atoms with Crippen LogP contribution >= 0.6 is 0 Å². The summed E-state index contributed by atoms with van der Waals surface area (Å²) in [6.45, 7) is 4.12. The van der Waals surface area contributed by atoms with Crippen LogP contribution in [0.25, 0.3) is 0 Å². The van der Waals surface area contributed by atoms with E-state index in [-0.39, 0.29) is 12.5 Å². The Hall–Kier alpha value is -2.20. The third kappa shape index (κ3) is 6.75. The minimum absolute atomic E-state index is 0.249. The average Bonchev–Trinajstić information content (AvgIpc) is 3.14. The lowest BCUT2D eigenvalue weighted by atomic mass is 10.0. The van der Waals surface area contributed by atoms with E-state index in [1.54, 1.807) is 13.8 Å². The van der Waals surface area contributed by atoms with Crippen molar-refractivity contribution < 1.29 is 24.3 Å². The molecule has 1 fully saturated rings. The number of aliphatic carboxylic acids is 1. The molecule has 0 saturated carbocycles. The lowest BCUT2D eigenvalue weighted by molar-refractivity contribution is -0.150. The number of carboxylic acid groups (broad SMARTS) is 1. The molecule has 3 unspecified atom stereocenters. The van der Waals surface area contributed by atoms with Gasteiger partial charge in [0.25, 0.3) is 0 Å². The number of nitrogens with zero attached hydrogens (tertiary/aromatic N) is 1. The molecule has 160 valence electrons. The van der Waals surface area contributed by atoms with Gasteiger partial charge in [0, 0.05) is 6.54 Å². The molecule has 0 aromatic heterocycles. The van der Waals surface area contributed by atoms with Gasteiger partial charge in [-0.05, 0) is 44.6 Å². The Bertz CT molecular complexity index is 569. The van der Waals surface area contributed by atoms with E-state index in [1.807, 2.05) is 0 Å². The van der Waals surface area contributed by atoms with Gasteiger partial charge in [0.1, 0.15) is 18.1 Å². The standard InChI is InChI=1S/C18H33N5O5/c1-11(2)15(17(26)23-9-5-7-13(23)18(27)28)22-16(25)12(6-3-4-8-19)21-14(24)10-20/h11-13,15H,3-10,19-20H2,1-2H3,(H,21,24)(H,22,25)(H,27,28). The quantitative estimate of drug-likeness (QED) is 0.271. The Labute approximate surface area is 165 Å². The predicted molar refractivity (Wildman–Crippen MR) is 103 cm³/mol. The fourth-order valence-corrected chi connectivity index (χ4v) is 3.25. The van der Waals surface area contributed by atoms with E-state index in [0.29, 0.717) is 45.2 Å². The summed E-state index contributed by atoms with van der Waals surface area (Å²) in [5.41, 5.74) is 10.8. The largest absolute Gasteiger partial charge is 0.480 e. The van der Waals surface area contributed by atoms with Gasteiger partial charge >= 0.3 is 5.97 Å². The molecule has 0 spiro atoms. The Morgan fingerprint density at radius 2 is 1.82 bits per heavy atom. The molecule has 0 aromatic rings. The number of carboxylic acids is 1. The minimum atomic E-state index is -1.05. The number of nitrogens with one attached hydrogen (secondary N) is 2. The summed E-state index contributed by atoms with van der Waals surface area (Å²) >= 11 is 0. The normalized spacial score (nSPS) is 18.6. The maximum absolute atomic E-state index is 12.9. The number of rotatable bonds is 11. The van der Waals surface area contributed by atoms with Gasteiger partial charge in [-0.2, -0.15) is 0 Å². The third-order valence-electron chi connectivity index (χ3n) is 4.84. The van der Waals surface area contributed by atoms with Crippen molar-refractivity contribution in [1.29, 1.82) is 0 Å². The molecule has 0 aromatic carbocycles. The second-order valence-electron chi connectivity index (χ2n) is 7.37. The molecule has 10 heteroatoms. The number of amides is 3. The van der Waals surface area contributed by atoms with Crippen LogP contribution in [0.1, 0.15) is 46.0 Å². The van der Waals surface area contributed by atoms with Crippen molar-refractivity contribution in [3.05, 3.63) is 0 Å². The average molecular weight is 399 g/mol. The molecule has 3 atom stereocenters. The summed E-state index contributed by atoms with van der Waals surface area (Å²) in [6.07, 6.45) is 2.70. The highest BCUT2D eigenvalue weighted by molar-refractivity contribution is 5.94. The molecule has 0 bridgehead atoms. The van der Waals surface area contributed by atoms with E-state index in [2.05, 4.69) is 10.6 Å². The molecular formula is C18H33N5O5. The number of hydrogen-bond donors (Lipinski definition) is 5. The zero-order valence-electron chi connectivity index (χ0n) is 16.6. The van der Waals surface area contributed by atoms with Crippen LogP contribution in [0, 0.1) is 5.92 Å². The van der Waals surface area contributed by atoms with Crippen LogP contribution in [-0.4, -0.2) is 71.5 Å². The van der Waals surface area contributed by atoms with E-state index in [4.69, 9.17) is 11.5 Å². The van der Waals surface area contributed by atoms with Crippen molar-refractivity contribution in [2.75, 3.05) is 19.6 Å². The zero-order valence-corrected chi connectivity index (χ0v) is 16.6. The lowest BCUT2D eigenvalue weighted by Gasteiger charge is -2.30. The van der Waals surface area contributed by atoms with Gasteiger partial charge in [0.15, 0.2) is 0 Å². The Morgan fingerprint density at radius 3 is 2.36 bits per heavy atom. The molecule has 10 nitrogen and oxygen atoms in total. The molecule has 0 radical (unpaired) electrons. The summed E-state index contributed by atoms with van der Waals surface area (Å²) in [5, 5.41) is 14.6. The zero-order chi connectivity index (χ0) is 21.3. The van der Waals surface area contributed by atoms with Crippen LogP contribution in [0.4, 0.5) is 0 Å². The molecule has 1 saturated heterocycles. The number of carbonyl (C=O) groups is 4. The molecule has 3 amide bonds. The van der Waals surface area contributed by atoms with E-state index in [0.717, 1.165) is 0 Å². The fourth-order valence-electron chi connectivity index (χ4n) is 3.25. The van der Waals surface area contributed by atoms with E-state index >= 15 is 0 Å². The topological polar surface area (TPSA) is 168 Å². The summed E-state index contributed by atoms with van der Waals surface area (Å²) in [4.78, 5) is 50.0. The van der Waals surface area contributed by atoms with Crippen LogP contribution < -0.4 is 22.1 Å². The van der Waals surface area contributed by atoms with Crippen molar-refractivity contribution in [1.82, 2.24) is 15.5 Å². The van der Waals surface area contributed by atoms with Crippen LogP contribution in [0.5, 0.6) is 0 Å². The summed E-state index contributed by atoms with van der Waals surface area (Å²) in [6, 6.07) is -2.58. The highest BCUT2D eigenvalue weighted by atomic mass is 16.4. The Morgan fingerprint density at radius 1 is 1.14 bits per heavy atom. The fraction of sp³-hybridized carbons (Fsp3) is 0.778. The molecule has 0 aliphatic carbocycles. The van der Waals surface area contributed by atoms with Crippen molar-refractivity contribution in [2.24, 2.45) is 17.4 Å². The SMILES string of the molecule is CC(C)C(NC(=O)C(CCCCN)NC(=O)CN)C(=O)N1CCCC1C(=O)O. The number of likely N-dealkylation sites (tertiary alicyclic amines) is 1. The van der Waals surface area contributed by atoms with E-state index in [9.17, 15) is 24.3 Å². The van der Waals surface area contributed by atoms with Gasteiger partial charge < -0.3 is 32.1 Å². The smallest absolute Gasteiger partial charge is 0.326 e. The molecular weight excluding hydrogens is 366 g/mol. The molecule has 1 aliphatic heterocycles. The maximum atomic E-state index is 12.9. The van der Waals surface area contributed by atoms with Crippen LogP contribution in [-0.2, 0) is 19.2 Å². The van der Waals surface area contributed by atoms with E-state index < -0.39 is 41.8 Å². The third-order valence-corrected chi connectivity index (χ3v) is 4.84. The Kier molecular flexibility index (Phi) is 9.88. The first-order valence-corrected chi connectivity index (χ1v) is 9.76. The second-order valence-corrected chi connectivity index (χ2v) is 7.37. The number of carbonyl (C=O) groups excluding carboxylic acids is 3. The first-order valence-electron chi connectivity index (χ1n) is 9.76. The van der Waals surface area contributed by atoms with Crippen LogP contribution in [0.2, 0.25) is 0 Å². The molecule has 1 aliphatic rings. The lowest BCUT2D eigenvalue weighted by Crippen LogP contribution is -2.57. The summed E-state index contributed by atoms with van der Waals surface area (Å²) < 4.78 is 0. The second kappa shape index (κ2) is 11.6. The van der Waals surface area contributed by atoms with E-state index in [1.165, 1.54) is 4.90 Å². The number of nitrogens with two attached hydrogens (primary N) is 2. The predicted octanol–water partition coefficient (Wildman–Crippen LogP) is -1.22. The molecule has 1 rings (SSSR count). The summed E-state index contributed by atoms with van der Waals surface area (Å²) in [5.74, 6) is -2.67. The van der Waals surface area contributed by atoms with Gasteiger partial charge in [0.2, 0.25) is 17.7 Å². The Balaban J connectivity index is 2.88. The van der Waals surface area contributed by atoms with Gasteiger partial charge in [-0.1, -0.05) is 13.8 Å².